The van der Waals surface area contributed by atoms with E-state index in [0.29, 0.717) is 13.1 Å². The third-order valence-electron chi connectivity index (χ3n) is 6.23. The van der Waals surface area contributed by atoms with Crippen LogP contribution in [0.4, 0.5) is 9.52 Å². The molecule has 3 heterocycles. The highest BCUT2D eigenvalue weighted by molar-refractivity contribution is 7.22. The van der Waals surface area contributed by atoms with Gasteiger partial charge in [-0.1, -0.05) is 35.6 Å². The third-order valence-corrected chi connectivity index (χ3v) is 7.44. The van der Waals surface area contributed by atoms with Crippen LogP contribution in [-0.2, 0) is 11.3 Å². The predicted octanol–water partition coefficient (Wildman–Crippen LogP) is 4.77. The van der Waals surface area contributed by atoms with Gasteiger partial charge in [0.25, 0.3) is 0 Å². The van der Waals surface area contributed by atoms with E-state index < -0.39 is 0 Å². The number of nitrogens with one attached hydrogen (secondary N) is 1. The zero-order valence-corrected chi connectivity index (χ0v) is 19.5. The van der Waals surface area contributed by atoms with Crippen LogP contribution in [0.1, 0.15) is 29.7 Å². The van der Waals surface area contributed by atoms with Gasteiger partial charge < -0.3 is 10.2 Å². The number of amides is 1. The molecule has 8 heteroatoms. The van der Waals surface area contributed by atoms with Crippen LogP contribution in [0.5, 0.6) is 0 Å². The maximum atomic E-state index is 13.4. The highest BCUT2D eigenvalue weighted by atomic mass is 32.1. The normalized spacial score (nSPS) is 16.3. The maximum Gasteiger partial charge on any atom is 0.225 e. The van der Waals surface area contributed by atoms with Gasteiger partial charge in [-0.2, -0.15) is 10.1 Å². The number of carbonyl (C=O) groups excluding carboxylic acids is 1. The molecule has 33 heavy (non-hydrogen) atoms. The summed E-state index contributed by atoms with van der Waals surface area (Å²) in [4.78, 5) is 20.0. The Morgan fingerprint density at radius 1 is 1.18 bits per heavy atom. The molecule has 1 unspecified atom stereocenters. The molecule has 5 rings (SSSR count). The van der Waals surface area contributed by atoms with Crippen molar-refractivity contribution in [1.29, 1.82) is 0 Å². The fourth-order valence-electron chi connectivity index (χ4n) is 4.32. The van der Waals surface area contributed by atoms with Crippen LogP contribution in [0, 0.1) is 25.6 Å². The van der Waals surface area contributed by atoms with Gasteiger partial charge in [0.2, 0.25) is 5.91 Å². The van der Waals surface area contributed by atoms with Crippen molar-refractivity contribution in [3.05, 3.63) is 71.2 Å². The van der Waals surface area contributed by atoms with Crippen molar-refractivity contribution in [3.8, 4) is 5.69 Å². The number of rotatable bonds is 5. The van der Waals surface area contributed by atoms with Gasteiger partial charge in [0.05, 0.1) is 22.0 Å². The Balaban J connectivity index is 1.32. The fourth-order valence-corrected chi connectivity index (χ4v) is 5.34. The van der Waals surface area contributed by atoms with Crippen molar-refractivity contribution >= 4 is 32.7 Å². The van der Waals surface area contributed by atoms with Crippen LogP contribution in [-0.4, -0.2) is 33.8 Å². The van der Waals surface area contributed by atoms with E-state index in [2.05, 4.69) is 34.4 Å². The Morgan fingerprint density at radius 2 is 1.97 bits per heavy atom. The lowest BCUT2D eigenvalue weighted by atomic mass is 9.97. The molecule has 1 aliphatic heterocycles. The molecule has 2 aromatic carbocycles. The van der Waals surface area contributed by atoms with Gasteiger partial charge in [-0.05, 0) is 62.1 Å². The summed E-state index contributed by atoms with van der Waals surface area (Å²) < 4.78 is 16.1. The fraction of sp³-hybridized carbons (Fsp3) is 0.320. The minimum Gasteiger partial charge on any atom is -0.352 e. The molecular weight excluding hydrogens is 437 g/mol. The van der Waals surface area contributed by atoms with E-state index >= 15 is 0 Å². The minimum atomic E-state index is -0.280. The van der Waals surface area contributed by atoms with Crippen molar-refractivity contribution in [2.24, 2.45) is 5.92 Å². The highest BCUT2D eigenvalue weighted by Crippen LogP contribution is 2.34. The largest absolute Gasteiger partial charge is 0.352 e. The molecule has 6 nitrogen and oxygen atoms in total. The lowest BCUT2D eigenvalue weighted by molar-refractivity contribution is -0.125. The molecule has 4 aromatic rings. The van der Waals surface area contributed by atoms with Crippen LogP contribution >= 0.6 is 11.3 Å². The molecule has 1 aliphatic rings. The van der Waals surface area contributed by atoms with Gasteiger partial charge in [-0.25, -0.2) is 9.07 Å². The summed E-state index contributed by atoms with van der Waals surface area (Å²) in [5, 5.41) is 8.62. The molecule has 1 atom stereocenters. The van der Waals surface area contributed by atoms with Crippen LogP contribution < -0.4 is 10.2 Å². The van der Waals surface area contributed by atoms with E-state index in [0.717, 1.165) is 51.8 Å². The van der Waals surface area contributed by atoms with Gasteiger partial charge in [-0.15, -0.1) is 0 Å². The number of fused-ring (bicyclic) bond motifs is 1. The molecule has 0 spiro atoms. The van der Waals surface area contributed by atoms with Gasteiger partial charge in [0.1, 0.15) is 5.82 Å². The lowest BCUT2D eigenvalue weighted by Crippen LogP contribution is -2.43. The molecule has 0 saturated carbocycles. The first kappa shape index (κ1) is 21.6. The third kappa shape index (κ3) is 4.35. The number of piperidine rings is 1. The second-order valence-corrected chi connectivity index (χ2v) is 9.53. The predicted molar refractivity (Wildman–Crippen MR) is 129 cm³/mol. The number of carbonyl (C=O) groups is 1. The number of halogens is 1. The Kier molecular flexibility index (Phi) is 5.85. The first-order chi connectivity index (χ1) is 16.0. The molecule has 0 radical (unpaired) electrons. The molecular formula is C25H26FN5OS. The standard InChI is InChI=1S/C25H26FN5OS/c1-16-6-3-4-7-18(16)14-27-24(32)19-8-5-13-30(15-19)25-28-23-22(33-25)17(2)29-31(23)21-11-9-20(26)10-12-21/h3-4,6-7,9-12,19H,5,8,13-15H2,1-2H3,(H,27,32). The van der Waals surface area contributed by atoms with Crippen LogP contribution in [0.15, 0.2) is 48.5 Å². The first-order valence-corrected chi connectivity index (χ1v) is 12.0. The molecule has 1 amide bonds. The van der Waals surface area contributed by atoms with Gasteiger partial charge >= 0.3 is 0 Å². The van der Waals surface area contributed by atoms with Gasteiger partial charge in [0, 0.05) is 19.6 Å². The van der Waals surface area contributed by atoms with Crippen molar-refractivity contribution in [1.82, 2.24) is 20.1 Å². The summed E-state index contributed by atoms with van der Waals surface area (Å²) in [6.07, 6.45) is 1.82. The van der Waals surface area contributed by atoms with E-state index in [1.165, 1.54) is 17.7 Å². The number of hydrogen-bond donors (Lipinski definition) is 1. The molecule has 2 aromatic heterocycles. The van der Waals surface area contributed by atoms with E-state index in [1.54, 1.807) is 28.2 Å². The molecule has 1 saturated heterocycles. The number of benzene rings is 2. The van der Waals surface area contributed by atoms with Crippen molar-refractivity contribution < 1.29 is 9.18 Å². The highest BCUT2D eigenvalue weighted by Gasteiger charge is 2.28. The smallest absolute Gasteiger partial charge is 0.225 e. The number of hydrogen-bond acceptors (Lipinski definition) is 5. The SMILES string of the molecule is Cc1ccccc1CNC(=O)C1CCCN(c2nc3c(s2)c(C)nn3-c2ccc(F)cc2)C1. The maximum absolute atomic E-state index is 13.4. The van der Waals surface area contributed by atoms with Crippen LogP contribution in [0.25, 0.3) is 16.0 Å². The summed E-state index contributed by atoms with van der Waals surface area (Å²) in [6, 6.07) is 14.4. The molecule has 1 fully saturated rings. The second-order valence-electron chi connectivity index (χ2n) is 8.55. The van der Waals surface area contributed by atoms with E-state index in [-0.39, 0.29) is 17.6 Å². The summed E-state index contributed by atoms with van der Waals surface area (Å²) >= 11 is 1.60. The summed E-state index contributed by atoms with van der Waals surface area (Å²) in [5.74, 6) is -0.250. The van der Waals surface area contributed by atoms with Gasteiger partial charge in [-0.3, -0.25) is 4.79 Å². The number of aromatic nitrogens is 3. The molecule has 170 valence electrons. The van der Waals surface area contributed by atoms with Crippen molar-refractivity contribution in [2.45, 2.75) is 33.2 Å². The Hall–Kier alpha value is -3.26. The average molecular weight is 464 g/mol. The zero-order chi connectivity index (χ0) is 22.9. The van der Waals surface area contributed by atoms with Crippen LogP contribution in [0.2, 0.25) is 0 Å². The van der Waals surface area contributed by atoms with E-state index in [9.17, 15) is 9.18 Å². The second kappa shape index (κ2) is 8.94. The minimum absolute atomic E-state index is 0.0653. The van der Waals surface area contributed by atoms with Crippen molar-refractivity contribution in [2.75, 3.05) is 18.0 Å². The first-order valence-electron chi connectivity index (χ1n) is 11.2. The lowest BCUT2D eigenvalue weighted by Gasteiger charge is -2.31. The number of nitrogens with zero attached hydrogens (tertiary/aromatic N) is 4. The number of thiazole rings is 1. The molecule has 0 aliphatic carbocycles. The zero-order valence-electron chi connectivity index (χ0n) is 18.7. The number of anilines is 1. The van der Waals surface area contributed by atoms with E-state index in [4.69, 9.17) is 4.98 Å². The quantitative estimate of drug-likeness (QED) is 0.463. The Bertz CT molecular complexity index is 1300. The Labute approximate surface area is 196 Å². The number of aryl methyl sites for hydroxylation is 2. The monoisotopic (exact) mass is 463 g/mol. The van der Waals surface area contributed by atoms with Crippen molar-refractivity contribution in [3.63, 3.8) is 0 Å². The average Bonchev–Trinajstić information content (AvgIpc) is 3.40. The topological polar surface area (TPSA) is 63.1 Å². The summed E-state index contributed by atoms with van der Waals surface area (Å²) in [5.41, 5.74) is 4.76. The van der Waals surface area contributed by atoms with Gasteiger partial charge in [0.15, 0.2) is 10.8 Å². The molecule has 0 bridgehead atoms. The summed E-state index contributed by atoms with van der Waals surface area (Å²) in [7, 11) is 0. The van der Waals surface area contributed by atoms with E-state index in [1.807, 2.05) is 19.1 Å². The molecule has 1 N–H and O–H groups in total. The Morgan fingerprint density at radius 3 is 2.76 bits per heavy atom. The summed E-state index contributed by atoms with van der Waals surface area (Å²) in [6.45, 7) is 6.10. The van der Waals surface area contributed by atoms with Crippen LogP contribution in [0.3, 0.4) is 0 Å².